The molecule has 0 aliphatic heterocycles. The van der Waals surface area contributed by atoms with Gasteiger partial charge in [-0.3, -0.25) is 0 Å². The first-order chi connectivity index (χ1) is 72.4. The van der Waals surface area contributed by atoms with Crippen LogP contribution in [0.2, 0.25) is 0 Å². The summed E-state index contributed by atoms with van der Waals surface area (Å²) >= 11 is 0. The molecule has 98 heavy (non-hydrogen) atoms. The van der Waals surface area contributed by atoms with Crippen LogP contribution in [0.1, 0.15) is 78.1 Å². The fourth-order valence-corrected chi connectivity index (χ4v) is 12.0. The maximum atomic E-state index is 9.91. The monoisotopic (exact) mass is 1300 g/mol. The summed E-state index contributed by atoms with van der Waals surface area (Å²) in [4.78, 5) is 0. The summed E-state index contributed by atoms with van der Waals surface area (Å²) in [5, 5.41) is -12.2. The molecule has 0 saturated carbocycles. The molecular formula is C96H58O2. The molecule has 0 bridgehead atoms. The number of fused-ring (bicyclic) bond motifs is 18. The third-order valence-corrected chi connectivity index (χ3v) is 16.3. The molecule has 19 aromatic carbocycles. The van der Waals surface area contributed by atoms with E-state index in [0.717, 1.165) is 6.07 Å². The molecule has 454 valence electrons. The van der Waals surface area contributed by atoms with Gasteiger partial charge in [0.1, 0.15) is 22.3 Å². The first-order valence-electron chi connectivity index (χ1n) is 57.6. The molecule has 0 fully saturated rings. The van der Waals surface area contributed by atoms with Gasteiger partial charge >= 0.3 is 0 Å². The van der Waals surface area contributed by atoms with Gasteiger partial charge in [-0.1, -0.05) is 302 Å². The number of hydrogen-bond donors (Lipinski definition) is 0. The Labute approximate surface area is 644 Å². The summed E-state index contributed by atoms with van der Waals surface area (Å²) < 4.78 is 526. The number of rotatable bonds is 6. The zero-order chi connectivity index (χ0) is 114. The Hall–Kier alpha value is -12.9. The molecule has 0 saturated heterocycles. The van der Waals surface area contributed by atoms with E-state index in [9.17, 15) is 31.5 Å². The van der Waals surface area contributed by atoms with Crippen LogP contribution in [0.5, 0.6) is 0 Å². The lowest BCUT2D eigenvalue weighted by Gasteiger charge is -2.18. The van der Waals surface area contributed by atoms with Gasteiger partial charge in [0.05, 0.1) is 78.1 Å². The second kappa shape index (κ2) is 22.4. The Morgan fingerprint density at radius 2 is 0.449 bits per heavy atom. The third kappa shape index (κ3) is 8.96. The fourth-order valence-electron chi connectivity index (χ4n) is 12.0. The summed E-state index contributed by atoms with van der Waals surface area (Å²) in [6, 6.07) is -49.8. The predicted octanol–water partition coefficient (Wildman–Crippen LogP) is 27.6. The molecule has 0 unspecified atom stereocenters. The van der Waals surface area contributed by atoms with E-state index in [2.05, 4.69) is 0 Å². The number of furan rings is 2. The summed E-state index contributed by atoms with van der Waals surface area (Å²) in [5.74, 6) is 0. The van der Waals surface area contributed by atoms with E-state index in [1.165, 1.54) is 0 Å². The van der Waals surface area contributed by atoms with E-state index < -0.39 is 536 Å². The van der Waals surface area contributed by atoms with Crippen molar-refractivity contribution < 1.29 is 87.0 Å². The average molecular weight is 1300 g/mol. The molecule has 2 heteroatoms. The molecule has 0 aliphatic rings. The van der Waals surface area contributed by atoms with Crippen LogP contribution in [0.25, 0.3) is 208 Å². The van der Waals surface area contributed by atoms with E-state index in [1.54, 1.807) is 0 Å². The van der Waals surface area contributed by atoms with Crippen molar-refractivity contribution in [2.45, 2.75) is 0 Å². The molecule has 0 radical (unpaired) electrons. The van der Waals surface area contributed by atoms with Crippen molar-refractivity contribution in [3.63, 3.8) is 0 Å². The van der Waals surface area contributed by atoms with Gasteiger partial charge in [-0.2, -0.15) is 0 Å². The molecule has 21 aromatic rings. The second-order valence-corrected chi connectivity index (χ2v) is 21.6. The van der Waals surface area contributed by atoms with E-state index in [4.69, 9.17) is 55.4 Å². The zero-order valence-electron chi connectivity index (χ0n) is 106. The fraction of sp³-hybridized carbons (Fsp3) is 0. The molecule has 0 aliphatic carbocycles. The van der Waals surface area contributed by atoms with Crippen LogP contribution in [-0.2, 0) is 0 Å². The van der Waals surface area contributed by atoms with Gasteiger partial charge in [0.25, 0.3) is 0 Å². The van der Waals surface area contributed by atoms with Crippen LogP contribution in [0.4, 0.5) is 0 Å². The van der Waals surface area contributed by atoms with Crippen molar-refractivity contribution in [3.05, 3.63) is 350 Å². The number of hydrogen-bond acceptors (Lipinski definition) is 2. The lowest BCUT2D eigenvalue weighted by molar-refractivity contribution is 0.669. The first-order valence-corrected chi connectivity index (χ1v) is 29.1. The van der Waals surface area contributed by atoms with Crippen LogP contribution < -0.4 is 0 Å². The SMILES string of the molecule is [2H]c1c([2H])c(-c2c3c([2H])c([2H])c([2H])c([2H])c3c(-c3c([2H])c([2H])c4oc5c([2H])c([2H])c6c([2H])c([2H])c([2H])c([2H])c6c5c4c3[2H])c3c([2H])c([2H])c([2H])c([2H])c23)c([2H])c([2H])c1-c1c([2H])c([2H])c2c([2H])c([2H])c([2H])c([2H])c2c1[2H].[2H]c1cc2c(c([2H])c1-c1c([2H])c([2H])c(-c3c4c([2H])c([2H])c([2H])c([2H])c4c(-c4c([2H])c([2H])c5oc6c([2H])c([2H])c7c([2H])c([2H])c([2H])c([2H])c7c6c5c4[2H])c4c([2H])c([2H])c([2H])c([2H])c34)c([2H])c1[2H])c([2H])c([2H])c1c([2H])c([2H])c([2H])c([2H])c12. The molecule has 0 amide bonds. The van der Waals surface area contributed by atoms with Gasteiger partial charge in [-0.25, -0.2) is 0 Å². The minimum absolute atomic E-state index is 0.242. The van der Waals surface area contributed by atoms with Gasteiger partial charge < -0.3 is 8.83 Å². The lowest BCUT2D eigenvalue weighted by atomic mass is 9.85. The topological polar surface area (TPSA) is 26.3 Å². The molecule has 2 nitrogen and oxygen atoms in total. The average Bonchev–Trinajstić information content (AvgIpc) is 1.62. The molecule has 0 spiro atoms. The Kier molecular flexibility index (Phi) is 5.30. The minimum Gasteiger partial charge on any atom is -0.456 e. The lowest BCUT2D eigenvalue weighted by Crippen LogP contribution is -1.91. The molecule has 0 atom stereocenters. The second-order valence-electron chi connectivity index (χ2n) is 21.6. The van der Waals surface area contributed by atoms with Gasteiger partial charge in [0.2, 0.25) is 0 Å². The van der Waals surface area contributed by atoms with Crippen molar-refractivity contribution in [1.82, 2.24) is 0 Å². The third-order valence-electron chi connectivity index (χ3n) is 16.3. The standard InChI is InChI=1S/C50H30O.C46H28O/c1-3-11-38-32(9-1)19-22-36-29-35(23-26-39(36)38)31-17-20-34(21-18-31)48-41-13-5-7-15-43(41)49(44-16-8-6-14-42(44)48)37-25-27-46-45(30-37)50-40-12-4-2-10-33(40)24-28-47(50)51-46;1-2-11-33-27-34(22-19-29(33)9-1)30-17-20-32(21-18-30)44-37-13-5-7-15-39(37)45(40-16-8-6-14-38(40)44)35-24-25-42-41(28-35)46-36-12-4-3-10-31(36)23-26-43(46)47-42/h1-30H;1-28H/i1D,2D,3D,4D,5D,6D,7D,8D,9D,10D,11D,12D,13D,14D,15D,16D,17D,18D,19D,20D,21D,22D,23D,24D,25D,27D,28D,29D,30D;1D,2D,3D,4D,5D,6D,7D,8D,9D,10D,11D,12D,13D,14D,15D,16D,17D,18D,19D,20D,21D,22D,23D,24D,25D,26D,27D,28D. The van der Waals surface area contributed by atoms with Crippen LogP contribution >= 0.6 is 0 Å². The minimum atomic E-state index is -1.10. The highest BCUT2D eigenvalue weighted by molar-refractivity contribution is 6.26. The Morgan fingerprint density at radius 1 is 0.163 bits per heavy atom. The molecule has 2 heterocycles. The van der Waals surface area contributed by atoms with E-state index in [-0.39, 0.29) is 16.2 Å². The van der Waals surface area contributed by atoms with E-state index in [1.807, 2.05) is 0 Å². The van der Waals surface area contributed by atoms with Gasteiger partial charge in [-0.05, 0) is 212 Å². The quantitative estimate of drug-likeness (QED) is 0.123. The van der Waals surface area contributed by atoms with Crippen LogP contribution in [0.15, 0.2) is 359 Å². The summed E-state index contributed by atoms with van der Waals surface area (Å²) in [5.41, 5.74) is -11.6. The maximum absolute atomic E-state index is 9.91. The highest BCUT2D eigenvalue weighted by Gasteiger charge is 2.22. The predicted molar refractivity (Wildman–Crippen MR) is 418 cm³/mol. The first kappa shape index (κ1) is 23.2. The van der Waals surface area contributed by atoms with Crippen molar-refractivity contribution in [2.75, 3.05) is 0 Å². The molecule has 21 rings (SSSR count). The van der Waals surface area contributed by atoms with Crippen LogP contribution in [0.3, 0.4) is 0 Å². The van der Waals surface area contributed by atoms with E-state index >= 15 is 0 Å². The highest BCUT2D eigenvalue weighted by Crippen LogP contribution is 2.49. The largest absolute Gasteiger partial charge is 0.456 e. The summed E-state index contributed by atoms with van der Waals surface area (Å²) in [7, 11) is 0. The smallest absolute Gasteiger partial charge is 0.136 e. The Balaban J connectivity index is 0.000000186. The van der Waals surface area contributed by atoms with Gasteiger partial charge in [0, 0.05) is 21.5 Å². The van der Waals surface area contributed by atoms with Crippen molar-refractivity contribution >= 4 is 141 Å². The highest BCUT2D eigenvalue weighted by atomic mass is 16.3. The van der Waals surface area contributed by atoms with Crippen molar-refractivity contribution in [3.8, 4) is 66.8 Å². The van der Waals surface area contributed by atoms with E-state index in [0.29, 0.717) is 0 Å². The van der Waals surface area contributed by atoms with Gasteiger partial charge in [0.15, 0.2) is 0 Å². The Morgan fingerprint density at radius 3 is 0.898 bits per heavy atom. The van der Waals surface area contributed by atoms with Crippen molar-refractivity contribution in [1.29, 1.82) is 0 Å². The Bertz CT molecular complexity index is 10300. The van der Waals surface area contributed by atoms with Crippen molar-refractivity contribution in [2.24, 2.45) is 0 Å². The summed E-state index contributed by atoms with van der Waals surface area (Å²) in [6.07, 6.45) is 0. The van der Waals surface area contributed by atoms with Gasteiger partial charge in [-0.15, -0.1) is 0 Å². The molecule has 0 N–H and O–H groups in total. The van der Waals surface area contributed by atoms with Crippen LogP contribution in [0, 0.1) is 0 Å². The molecule has 2 aromatic heterocycles. The normalized spacial score (nSPS) is 20.0. The zero-order valence-corrected chi connectivity index (χ0v) is 48.9. The summed E-state index contributed by atoms with van der Waals surface area (Å²) in [6.45, 7) is 0. The molecular weight excluding hydrogens is 1190 g/mol. The number of benzene rings is 19. The van der Waals surface area contributed by atoms with Crippen LogP contribution in [-0.4, -0.2) is 0 Å². The maximum Gasteiger partial charge on any atom is 0.136 e.